The van der Waals surface area contributed by atoms with Gasteiger partial charge in [0.2, 0.25) is 0 Å². The minimum Gasteiger partial charge on any atom is -0.379 e. The van der Waals surface area contributed by atoms with E-state index in [4.69, 9.17) is 16.3 Å². The zero-order valence-corrected chi connectivity index (χ0v) is 14.0. The Morgan fingerprint density at radius 3 is 2.86 bits per heavy atom. The molecule has 1 fully saturated rings. The average molecular weight is 312 g/mol. The van der Waals surface area contributed by atoms with Crippen molar-refractivity contribution in [2.45, 2.75) is 39.3 Å². The molecule has 0 amide bonds. The molecule has 4 nitrogen and oxygen atoms in total. The van der Waals surface area contributed by atoms with Crippen molar-refractivity contribution >= 4 is 17.4 Å². The lowest BCUT2D eigenvalue weighted by Gasteiger charge is -2.19. The number of halogens is 1. The van der Waals surface area contributed by atoms with E-state index in [2.05, 4.69) is 29.0 Å². The maximum atomic E-state index is 6.21. The van der Waals surface area contributed by atoms with E-state index in [1.807, 2.05) is 19.2 Å². The van der Waals surface area contributed by atoms with E-state index in [1.54, 1.807) is 0 Å². The lowest BCUT2D eigenvalue weighted by molar-refractivity contribution is 0.131. The van der Waals surface area contributed by atoms with E-state index < -0.39 is 0 Å². The van der Waals surface area contributed by atoms with Gasteiger partial charge in [-0.15, -0.1) is 0 Å². The minimum atomic E-state index is 0.417. The van der Waals surface area contributed by atoms with Crippen LogP contribution in [0.15, 0.2) is 12.1 Å². The predicted molar refractivity (Wildman–Crippen MR) is 88.0 cm³/mol. The Hall–Kier alpha value is -0.840. The SMILES string of the molecule is CC(C)NCc1nc(N(C)CCOCC2CC2)ccc1Cl. The highest BCUT2D eigenvalue weighted by molar-refractivity contribution is 6.31. The maximum Gasteiger partial charge on any atom is 0.128 e. The molecule has 1 saturated carbocycles. The van der Waals surface area contributed by atoms with Gasteiger partial charge in [0.15, 0.2) is 0 Å². The number of aromatic nitrogens is 1. The molecule has 1 aromatic rings. The molecule has 1 N–H and O–H groups in total. The van der Waals surface area contributed by atoms with Crippen LogP contribution in [-0.2, 0) is 11.3 Å². The van der Waals surface area contributed by atoms with Crippen molar-refractivity contribution in [1.29, 1.82) is 0 Å². The Morgan fingerprint density at radius 1 is 1.43 bits per heavy atom. The van der Waals surface area contributed by atoms with Gasteiger partial charge in [0, 0.05) is 32.8 Å². The number of nitrogens with one attached hydrogen (secondary N) is 1. The topological polar surface area (TPSA) is 37.4 Å². The number of rotatable bonds is 9. The number of likely N-dealkylation sites (N-methyl/N-ethyl adjacent to an activating group) is 1. The molecule has 0 atom stereocenters. The van der Waals surface area contributed by atoms with Crippen molar-refractivity contribution < 1.29 is 4.74 Å². The Morgan fingerprint density at radius 2 is 2.19 bits per heavy atom. The maximum absolute atomic E-state index is 6.21. The van der Waals surface area contributed by atoms with Gasteiger partial charge in [0.05, 0.1) is 17.3 Å². The van der Waals surface area contributed by atoms with Crippen LogP contribution in [-0.4, -0.2) is 37.8 Å². The molecule has 0 aromatic carbocycles. The van der Waals surface area contributed by atoms with Gasteiger partial charge >= 0.3 is 0 Å². The van der Waals surface area contributed by atoms with Crippen molar-refractivity contribution in [2.24, 2.45) is 5.92 Å². The van der Waals surface area contributed by atoms with Crippen LogP contribution in [0.25, 0.3) is 0 Å². The average Bonchev–Trinajstić information content (AvgIpc) is 3.26. The molecule has 0 saturated heterocycles. The zero-order valence-electron chi connectivity index (χ0n) is 13.2. The van der Waals surface area contributed by atoms with Gasteiger partial charge in [0.1, 0.15) is 5.82 Å². The van der Waals surface area contributed by atoms with E-state index in [-0.39, 0.29) is 0 Å². The van der Waals surface area contributed by atoms with Gasteiger partial charge in [-0.05, 0) is 30.9 Å². The van der Waals surface area contributed by atoms with E-state index in [0.717, 1.165) is 37.2 Å². The number of nitrogens with zero attached hydrogens (tertiary/aromatic N) is 2. The lowest BCUT2D eigenvalue weighted by Crippen LogP contribution is -2.26. The summed E-state index contributed by atoms with van der Waals surface area (Å²) in [6, 6.07) is 4.30. The zero-order chi connectivity index (χ0) is 15.2. The van der Waals surface area contributed by atoms with Crippen molar-refractivity contribution in [1.82, 2.24) is 10.3 Å². The molecule has 0 aliphatic heterocycles. The van der Waals surface area contributed by atoms with E-state index >= 15 is 0 Å². The van der Waals surface area contributed by atoms with Gasteiger partial charge < -0.3 is 15.0 Å². The van der Waals surface area contributed by atoms with Crippen LogP contribution in [0.3, 0.4) is 0 Å². The van der Waals surface area contributed by atoms with Crippen molar-refractivity contribution in [3.63, 3.8) is 0 Å². The summed E-state index contributed by atoms with van der Waals surface area (Å²) < 4.78 is 5.67. The Bertz CT molecular complexity index is 449. The second-order valence-corrected chi connectivity index (χ2v) is 6.48. The quantitative estimate of drug-likeness (QED) is 0.711. The highest BCUT2D eigenvalue weighted by atomic mass is 35.5. The van der Waals surface area contributed by atoms with E-state index in [0.29, 0.717) is 17.6 Å². The first kappa shape index (κ1) is 16.5. The third kappa shape index (κ3) is 5.81. The van der Waals surface area contributed by atoms with Crippen molar-refractivity contribution in [3.8, 4) is 0 Å². The van der Waals surface area contributed by atoms with E-state index in [1.165, 1.54) is 12.8 Å². The number of pyridine rings is 1. The number of anilines is 1. The summed E-state index contributed by atoms with van der Waals surface area (Å²) in [4.78, 5) is 6.76. The number of hydrogen-bond donors (Lipinski definition) is 1. The second kappa shape index (κ2) is 7.97. The molecule has 0 unspecified atom stereocenters. The summed E-state index contributed by atoms with van der Waals surface area (Å²) >= 11 is 6.21. The molecule has 1 heterocycles. The molecule has 118 valence electrons. The van der Waals surface area contributed by atoms with Crippen molar-refractivity contribution in [2.75, 3.05) is 31.7 Å². The third-order valence-corrected chi connectivity index (χ3v) is 3.94. The summed E-state index contributed by atoms with van der Waals surface area (Å²) in [5.74, 6) is 1.76. The summed E-state index contributed by atoms with van der Waals surface area (Å²) in [7, 11) is 2.04. The molecular weight excluding hydrogens is 286 g/mol. The van der Waals surface area contributed by atoms with Crippen LogP contribution in [0.1, 0.15) is 32.4 Å². The van der Waals surface area contributed by atoms with Crippen LogP contribution in [0, 0.1) is 5.92 Å². The molecule has 1 aliphatic rings. The smallest absolute Gasteiger partial charge is 0.128 e. The van der Waals surface area contributed by atoms with Gasteiger partial charge in [-0.2, -0.15) is 0 Å². The fourth-order valence-electron chi connectivity index (χ4n) is 1.96. The van der Waals surface area contributed by atoms with Gasteiger partial charge in [0.25, 0.3) is 0 Å². The first-order valence-corrected chi connectivity index (χ1v) is 8.11. The predicted octanol–water partition coefficient (Wildman–Crippen LogP) is 3.10. The van der Waals surface area contributed by atoms with Gasteiger partial charge in [-0.25, -0.2) is 4.98 Å². The minimum absolute atomic E-state index is 0.417. The first-order chi connectivity index (χ1) is 10.1. The van der Waals surface area contributed by atoms with Crippen LogP contribution in [0.2, 0.25) is 5.02 Å². The fourth-order valence-corrected chi connectivity index (χ4v) is 2.13. The van der Waals surface area contributed by atoms with Crippen LogP contribution < -0.4 is 10.2 Å². The molecule has 2 rings (SSSR count). The number of hydrogen-bond acceptors (Lipinski definition) is 4. The summed E-state index contributed by atoms with van der Waals surface area (Å²) in [5, 5.41) is 4.06. The molecule has 1 aliphatic carbocycles. The summed E-state index contributed by atoms with van der Waals surface area (Å²) in [5.41, 5.74) is 0.897. The lowest BCUT2D eigenvalue weighted by atomic mass is 10.3. The van der Waals surface area contributed by atoms with Crippen LogP contribution in [0.5, 0.6) is 0 Å². The van der Waals surface area contributed by atoms with Gasteiger partial charge in [-0.1, -0.05) is 25.4 Å². The van der Waals surface area contributed by atoms with Crippen LogP contribution in [0.4, 0.5) is 5.82 Å². The third-order valence-electron chi connectivity index (χ3n) is 3.59. The highest BCUT2D eigenvalue weighted by Crippen LogP contribution is 2.28. The molecule has 0 bridgehead atoms. The molecule has 5 heteroatoms. The monoisotopic (exact) mass is 311 g/mol. The molecule has 21 heavy (non-hydrogen) atoms. The largest absolute Gasteiger partial charge is 0.379 e. The molecule has 1 aromatic heterocycles. The molecule has 0 spiro atoms. The van der Waals surface area contributed by atoms with Crippen molar-refractivity contribution in [3.05, 3.63) is 22.8 Å². The first-order valence-electron chi connectivity index (χ1n) is 7.74. The Labute approximate surface area is 132 Å². The Balaban J connectivity index is 1.83. The molecule has 0 radical (unpaired) electrons. The van der Waals surface area contributed by atoms with E-state index in [9.17, 15) is 0 Å². The summed E-state index contributed by atoms with van der Waals surface area (Å²) in [6.45, 7) is 7.42. The fraction of sp³-hybridized carbons (Fsp3) is 0.688. The standard InChI is InChI=1S/C16H26ClN3O/c1-12(2)18-10-15-14(17)6-7-16(19-15)20(3)8-9-21-11-13-4-5-13/h6-7,12-13,18H,4-5,8-11H2,1-3H3. The second-order valence-electron chi connectivity index (χ2n) is 6.07. The Kier molecular flexibility index (Phi) is 6.27. The number of ether oxygens (including phenoxy) is 1. The summed E-state index contributed by atoms with van der Waals surface area (Å²) in [6.07, 6.45) is 2.67. The van der Waals surface area contributed by atoms with Crippen LogP contribution >= 0.6 is 11.6 Å². The highest BCUT2D eigenvalue weighted by Gasteiger charge is 2.21. The normalized spacial score (nSPS) is 14.7. The molecular formula is C16H26ClN3O. The van der Waals surface area contributed by atoms with Gasteiger partial charge in [-0.3, -0.25) is 0 Å².